The van der Waals surface area contributed by atoms with Gasteiger partial charge in [-0.25, -0.2) is 0 Å². The molecule has 3 N–H and O–H groups in total. The minimum absolute atomic E-state index is 0.108. The van der Waals surface area contributed by atoms with E-state index in [1.165, 1.54) is 37.4 Å². The second-order valence-corrected chi connectivity index (χ2v) is 6.08. The minimum Gasteiger partial charge on any atom is -0.495 e. The van der Waals surface area contributed by atoms with Crippen molar-refractivity contribution in [2.24, 2.45) is 0 Å². The molecule has 0 saturated heterocycles. The third kappa shape index (κ3) is 3.28. The summed E-state index contributed by atoms with van der Waals surface area (Å²) in [4.78, 5) is 12.8. The molecule has 0 spiro atoms. The van der Waals surface area contributed by atoms with Crippen molar-refractivity contribution in [3.63, 3.8) is 0 Å². The third-order valence-electron chi connectivity index (χ3n) is 3.46. The fourth-order valence-electron chi connectivity index (χ4n) is 2.41. The van der Waals surface area contributed by atoms with Crippen molar-refractivity contribution in [3.05, 3.63) is 52.7 Å². The lowest BCUT2D eigenvalue weighted by molar-refractivity contribution is 0.338. The zero-order valence-corrected chi connectivity index (χ0v) is 13.7. The molecule has 0 unspecified atom stereocenters. The summed E-state index contributed by atoms with van der Waals surface area (Å²) >= 11 is 0. The standard InChI is InChI=1S/C16H13NO7S/c1-22-13-7-6-9(8-11(13)17)14-15(18)10-4-2-3-5-12(10)23-16(14)24-25(19,20)21/h2-8H,17H2,1H3,(H,19,20,21). The van der Waals surface area contributed by atoms with Crippen LogP contribution in [-0.2, 0) is 10.4 Å². The summed E-state index contributed by atoms with van der Waals surface area (Å²) in [6.07, 6.45) is 0. The van der Waals surface area contributed by atoms with E-state index in [1.807, 2.05) is 0 Å². The van der Waals surface area contributed by atoms with E-state index in [0.29, 0.717) is 5.75 Å². The molecule has 0 aliphatic rings. The molecule has 0 radical (unpaired) electrons. The van der Waals surface area contributed by atoms with Crippen molar-refractivity contribution >= 4 is 27.1 Å². The molecule has 0 bridgehead atoms. The van der Waals surface area contributed by atoms with Crippen LogP contribution in [0.2, 0.25) is 0 Å². The first-order chi connectivity index (χ1) is 11.8. The number of hydrogen-bond donors (Lipinski definition) is 2. The zero-order chi connectivity index (χ0) is 18.2. The Morgan fingerprint density at radius 1 is 1.16 bits per heavy atom. The predicted octanol–water partition coefficient (Wildman–Crippen LogP) is 2.23. The number of ether oxygens (including phenoxy) is 1. The maximum absolute atomic E-state index is 12.8. The molecule has 0 aliphatic heterocycles. The molecule has 130 valence electrons. The van der Waals surface area contributed by atoms with Gasteiger partial charge in [0.05, 0.1) is 18.2 Å². The van der Waals surface area contributed by atoms with Crippen molar-refractivity contribution in [2.75, 3.05) is 12.8 Å². The highest BCUT2D eigenvalue weighted by Crippen LogP contribution is 2.34. The van der Waals surface area contributed by atoms with Gasteiger partial charge in [-0.05, 0) is 29.8 Å². The highest BCUT2D eigenvalue weighted by molar-refractivity contribution is 7.81. The summed E-state index contributed by atoms with van der Waals surface area (Å²) in [7, 11) is -3.47. The number of fused-ring (bicyclic) bond motifs is 1. The van der Waals surface area contributed by atoms with Gasteiger partial charge < -0.3 is 19.1 Å². The Labute approximate surface area is 142 Å². The normalized spacial score (nSPS) is 11.4. The number of nitrogen functional groups attached to an aromatic ring is 1. The number of anilines is 1. The first-order valence-electron chi connectivity index (χ1n) is 6.97. The second-order valence-electron chi connectivity index (χ2n) is 5.06. The lowest BCUT2D eigenvalue weighted by Crippen LogP contribution is -2.13. The summed E-state index contributed by atoms with van der Waals surface area (Å²) in [5.74, 6) is -0.276. The predicted molar refractivity (Wildman–Crippen MR) is 91.1 cm³/mol. The molecule has 3 aromatic rings. The van der Waals surface area contributed by atoms with Crippen LogP contribution in [0.4, 0.5) is 5.69 Å². The first kappa shape index (κ1) is 16.8. The third-order valence-corrected chi connectivity index (χ3v) is 3.83. The molecule has 3 rings (SSSR count). The maximum Gasteiger partial charge on any atom is 0.449 e. The molecule has 8 nitrogen and oxygen atoms in total. The number of benzene rings is 2. The molecule has 0 amide bonds. The van der Waals surface area contributed by atoms with E-state index in [2.05, 4.69) is 4.18 Å². The lowest BCUT2D eigenvalue weighted by Gasteiger charge is -2.11. The van der Waals surface area contributed by atoms with Gasteiger partial charge in [0.2, 0.25) is 5.43 Å². The number of para-hydroxylation sites is 1. The Hall–Kier alpha value is -3.04. The van der Waals surface area contributed by atoms with Crippen LogP contribution < -0.4 is 20.1 Å². The smallest absolute Gasteiger partial charge is 0.449 e. The van der Waals surface area contributed by atoms with Gasteiger partial charge in [-0.15, -0.1) is 0 Å². The Bertz CT molecular complexity index is 1120. The lowest BCUT2D eigenvalue weighted by atomic mass is 10.0. The van der Waals surface area contributed by atoms with Crippen molar-refractivity contribution in [1.82, 2.24) is 0 Å². The van der Waals surface area contributed by atoms with Crippen LogP contribution in [0.25, 0.3) is 22.1 Å². The average molecular weight is 363 g/mol. The molecule has 0 atom stereocenters. The number of hydrogen-bond acceptors (Lipinski definition) is 7. The highest BCUT2D eigenvalue weighted by Gasteiger charge is 2.22. The maximum atomic E-state index is 12.8. The van der Waals surface area contributed by atoms with Gasteiger partial charge in [-0.2, -0.15) is 8.42 Å². The van der Waals surface area contributed by atoms with E-state index in [1.54, 1.807) is 12.1 Å². The van der Waals surface area contributed by atoms with Crippen LogP contribution in [-0.4, -0.2) is 20.1 Å². The SMILES string of the molecule is COc1ccc(-c2c(OS(=O)(=O)O)oc3ccccc3c2=O)cc1N. The quantitative estimate of drug-likeness (QED) is 0.533. The van der Waals surface area contributed by atoms with Gasteiger partial charge in [0, 0.05) is 0 Å². The van der Waals surface area contributed by atoms with Crippen molar-refractivity contribution < 1.29 is 26.3 Å². The first-order valence-corrected chi connectivity index (χ1v) is 8.33. The summed E-state index contributed by atoms with van der Waals surface area (Å²) in [5.41, 5.74) is 5.70. The van der Waals surface area contributed by atoms with Crippen LogP contribution in [0, 0.1) is 0 Å². The van der Waals surface area contributed by atoms with Crippen LogP contribution >= 0.6 is 0 Å². The molecule has 25 heavy (non-hydrogen) atoms. The molecular formula is C16H13NO7S. The molecular weight excluding hydrogens is 350 g/mol. The number of rotatable bonds is 4. The van der Waals surface area contributed by atoms with Gasteiger partial charge in [0.25, 0.3) is 0 Å². The minimum atomic E-state index is -4.90. The van der Waals surface area contributed by atoms with E-state index >= 15 is 0 Å². The Kier molecular flexibility index (Phi) is 4.11. The van der Waals surface area contributed by atoms with Crippen LogP contribution in [0.3, 0.4) is 0 Å². The monoisotopic (exact) mass is 363 g/mol. The Balaban J connectivity index is 2.35. The summed E-state index contributed by atoms with van der Waals surface area (Å²) in [5, 5.41) is 0.217. The van der Waals surface area contributed by atoms with Gasteiger partial charge in [-0.3, -0.25) is 9.35 Å². The second kappa shape index (κ2) is 6.11. The summed E-state index contributed by atoms with van der Waals surface area (Å²) < 4.78 is 46.1. The van der Waals surface area contributed by atoms with E-state index in [-0.39, 0.29) is 27.8 Å². The number of methoxy groups -OCH3 is 1. The van der Waals surface area contributed by atoms with Crippen LogP contribution in [0.15, 0.2) is 51.7 Å². The van der Waals surface area contributed by atoms with Gasteiger partial charge in [-0.1, -0.05) is 18.2 Å². The van der Waals surface area contributed by atoms with Crippen molar-refractivity contribution in [3.8, 4) is 22.8 Å². The van der Waals surface area contributed by atoms with E-state index in [9.17, 15) is 13.2 Å². The van der Waals surface area contributed by atoms with E-state index < -0.39 is 21.8 Å². The van der Waals surface area contributed by atoms with E-state index in [4.69, 9.17) is 19.4 Å². The highest BCUT2D eigenvalue weighted by atomic mass is 32.3. The average Bonchev–Trinajstić information content (AvgIpc) is 2.53. The molecule has 0 saturated carbocycles. The van der Waals surface area contributed by atoms with Crippen LogP contribution in [0.5, 0.6) is 11.7 Å². The zero-order valence-electron chi connectivity index (χ0n) is 12.9. The van der Waals surface area contributed by atoms with E-state index in [0.717, 1.165) is 0 Å². The van der Waals surface area contributed by atoms with Crippen LogP contribution in [0.1, 0.15) is 0 Å². The fourth-order valence-corrected chi connectivity index (χ4v) is 2.72. The Morgan fingerprint density at radius 3 is 2.52 bits per heavy atom. The fraction of sp³-hybridized carbons (Fsp3) is 0.0625. The van der Waals surface area contributed by atoms with Crippen molar-refractivity contribution in [1.29, 1.82) is 0 Å². The molecule has 0 aliphatic carbocycles. The summed E-state index contributed by atoms with van der Waals surface area (Å²) in [6, 6.07) is 10.6. The molecule has 1 heterocycles. The topological polar surface area (TPSA) is 129 Å². The Morgan fingerprint density at radius 2 is 1.88 bits per heavy atom. The summed E-state index contributed by atoms with van der Waals surface area (Å²) in [6.45, 7) is 0. The van der Waals surface area contributed by atoms with Crippen molar-refractivity contribution in [2.45, 2.75) is 0 Å². The van der Waals surface area contributed by atoms with Gasteiger partial charge in [0.15, 0.2) is 0 Å². The molecule has 9 heteroatoms. The largest absolute Gasteiger partial charge is 0.495 e. The molecule has 0 fully saturated rings. The number of nitrogens with two attached hydrogens (primary N) is 1. The molecule has 1 aromatic heterocycles. The molecule has 2 aromatic carbocycles. The van der Waals surface area contributed by atoms with Gasteiger partial charge >= 0.3 is 16.3 Å². The van der Waals surface area contributed by atoms with Gasteiger partial charge in [0.1, 0.15) is 16.9 Å².